The summed E-state index contributed by atoms with van der Waals surface area (Å²) < 4.78 is 32.2. The molecule has 39 heteroatoms. The van der Waals surface area contributed by atoms with Crippen LogP contribution < -0.4 is 134 Å². The Balaban J connectivity index is 0.000000275. The molecule has 87 heavy (non-hydrogen) atoms. The van der Waals surface area contributed by atoms with Crippen LogP contribution in [0.25, 0.3) is 0 Å². The SMILES string of the molecule is N[C@H](CC(=O)O)C(=O)N1CC(Oc2ccc3c(c2C(=O)O)O[B-](O)(O)CC3)C1.N[C@H](CC(=O)O)C(=O)N1CC(Oc2ccc3c(c2C(=O)O)O[B-](O)(O)CC3)C1.N[C@H](CC(=O)O)C(=O)N1CC(Oc2ccc3c(c2C(=O)O)O[B-](O)(O)CC3)C1.[Na+].[Na+].[Na+]. The minimum atomic E-state index is -3.14. The van der Waals surface area contributed by atoms with Crippen LogP contribution in [0.4, 0.5) is 0 Å². The zero-order valence-electron chi connectivity index (χ0n) is 47.3. The van der Waals surface area contributed by atoms with Crippen molar-refractivity contribution < 1.29 is 221 Å². The van der Waals surface area contributed by atoms with Crippen molar-refractivity contribution in [1.29, 1.82) is 0 Å². The summed E-state index contributed by atoms with van der Waals surface area (Å²) in [4.78, 5) is 107. The third kappa shape index (κ3) is 18.8. The second-order valence-corrected chi connectivity index (χ2v) is 20.8. The molecule has 3 saturated heterocycles. The van der Waals surface area contributed by atoms with Crippen LogP contribution in [0, 0.1) is 0 Å². The Morgan fingerprint density at radius 1 is 0.425 bits per heavy atom. The largest absolute Gasteiger partial charge is 1.00 e. The van der Waals surface area contributed by atoms with Gasteiger partial charge in [-0.3, -0.25) is 28.8 Å². The van der Waals surface area contributed by atoms with Gasteiger partial charge in [0.05, 0.1) is 93.9 Å². The molecule has 6 aliphatic rings. The Labute approximate surface area is 559 Å². The smallest absolute Gasteiger partial charge is 0.669 e. The number of carboxylic acids is 6. The molecule has 0 spiro atoms. The molecule has 0 radical (unpaired) electrons. The summed E-state index contributed by atoms with van der Waals surface area (Å²) in [5, 5.41) is 113. The first-order chi connectivity index (χ1) is 39.2. The van der Waals surface area contributed by atoms with Crippen molar-refractivity contribution in [2.24, 2.45) is 17.2 Å². The molecule has 0 saturated carbocycles. The van der Waals surface area contributed by atoms with Gasteiger partial charge in [-0.1, -0.05) is 37.2 Å². The summed E-state index contributed by atoms with van der Waals surface area (Å²) in [6.45, 7) is -8.68. The van der Waals surface area contributed by atoms with Crippen molar-refractivity contribution in [3.63, 3.8) is 0 Å². The number of carboxylic acid groups (broad SMARTS) is 6. The van der Waals surface area contributed by atoms with Gasteiger partial charge < -0.3 is 121 Å². The Morgan fingerprint density at radius 3 is 0.839 bits per heavy atom. The number of rotatable bonds is 18. The summed E-state index contributed by atoms with van der Waals surface area (Å²) in [5.41, 5.74) is 17.2. The normalized spacial score (nSPS) is 18.4. The molecule has 456 valence electrons. The van der Waals surface area contributed by atoms with Crippen LogP contribution in [0.3, 0.4) is 0 Å². The average Bonchev–Trinajstić information content (AvgIpc) is 3.34. The maximum absolute atomic E-state index is 12.0. The van der Waals surface area contributed by atoms with E-state index in [0.29, 0.717) is 16.7 Å². The fraction of sp³-hybridized carbons (Fsp3) is 0.438. The molecule has 3 amide bonds. The molecule has 3 atom stereocenters. The van der Waals surface area contributed by atoms with E-state index in [-0.39, 0.29) is 217 Å². The van der Waals surface area contributed by atoms with E-state index in [9.17, 15) is 88.6 Å². The Bertz CT molecular complexity index is 2810. The van der Waals surface area contributed by atoms with Gasteiger partial charge in [0.2, 0.25) is 17.7 Å². The topological polar surface area (TPSA) is 540 Å². The molecule has 33 nitrogen and oxygen atoms in total. The van der Waals surface area contributed by atoms with Gasteiger partial charge in [0, 0.05) is 0 Å². The number of ether oxygens (including phenoxy) is 3. The van der Waals surface area contributed by atoms with Gasteiger partial charge in [-0.25, -0.2) is 14.4 Å². The van der Waals surface area contributed by atoms with Crippen molar-refractivity contribution in [3.05, 3.63) is 69.8 Å². The number of amides is 3. The van der Waals surface area contributed by atoms with E-state index in [2.05, 4.69) is 0 Å². The first-order valence-electron chi connectivity index (χ1n) is 26.1. The van der Waals surface area contributed by atoms with Gasteiger partial charge in [-0.2, -0.15) is 0 Å². The van der Waals surface area contributed by atoms with E-state index in [0.717, 1.165) is 0 Å². The van der Waals surface area contributed by atoms with E-state index >= 15 is 0 Å². The second kappa shape index (κ2) is 30.4. The van der Waals surface area contributed by atoms with Crippen molar-refractivity contribution >= 4 is 73.8 Å². The fourth-order valence-electron chi connectivity index (χ4n) is 9.64. The van der Waals surface area contributed by atoms with Crippen LogP contribution in [0.1, 0.15) is 67.0 Å². The van der Waals surface area contributed by atoms with Gasteiger partial charge in [-0.15, -0.1) is 0 Å². The molecule has 0 bridgehead atoms. The minimum Gasteiger partial charge on any atom is -0.669 e. The van der Waals surface area contributed by atoms with Crippen molar-refractivity contribution in [2.75, 3.05) is 39.3 Å². The van der Waals surface area contributed by atoms with Gasteiger partial charge in [0.1, 0.15) is 52.3 Å². The van der Waals surface area contributed by atoms with E-state index < -0.39 is 130 Å². The standard InChI is InChI=1S/3C16H20BN2O9.3Na/c3*18-10(5-12(20)21)15(22)19-6-9(7-19)27-11-2-1-8-3-4-17(25,26)28-14(8)13(11)16(23)24;;;/h3*1-2,9-10,25-26H,3-7,18H2,(H,20,21)(H,23,24);;;/q3*-1;3*+1/t3*10-;;;/m111.../s1. The van der Waals surface area contributed by atoms with Crippen molar-refractivity contribution in [2.45, 2.75) is 93.9 Å². The van der Waals surface area contributed by atoms with Crippen LogP contribution in [-0.4, -0.2) is 225 Å². The quantitative estimate of drug-likeness (QED) is 0.0526. The molecule has 3 aromatic rings. The van der Waals surface area contributed by atoms with Crippen LogP contribution in [0.5, 0.6) is 34.5 Å². The maximum Gasteiger partial charge on any atom is 1.00 e. The minimum absolute atomic E-state index is 0. The molecule has 18 N–H and O–H groups in total. The molecule has 6 aliphatic heterocycles. The number of carbonyl (C=O) groups excluding carboxylic acids is 3. The number of nitrogens with zero attached hydrogens (tertiary/aromatic N) is 3. The maximum atomic E-state index is 12.0. The molecular formula is C48H60B3N6Na3O27. The Morgan fingerprint density at radius 2 is 0.644 bits per heavy atom. The molecule has 0 aliphatic carbocycles. The zero-order chi connectivity index (χ0) is 61.9. The first-order valence-corrected chi connectivity index (χ1v) is 26.1. The van der Waals surface area contributed by atoms with Gasteiger partial charge >= 0.3 is 145 Å². The third-order valence-electron chi connectivity index (χ3n) is 14.0. The predicted octanol–water partition coefficient (Wildman–Crippen LogP) is -13.1. The number of nitrogens with two attached hydrogens (primary N) is 3. The molecular weight excluding hydrogens is 1190 g/mol. The average molecular weight is 1250 g/mol. The van der Waals surface area contributed by atoms with Gasteiger partial charge in [-0.05, 0) is 54.2 Å². The molecule has 0 unspecified atom stereocenters. The Hall–Kier alpha value is -5.48. The third-order valence-corrected chi connectivity index (χ3v) is 14.0. The fourth-order valence-corrected chi connectivity index (χ4v) is 9.64. The number of hydrogen-bond acceptors (Lipinski definition) is 24. The number of aryl methyl sites for hydroxylation is 3. The zero-order valence-corrected chi connectivity index (χ0v) is 53.3. The summed E-state index contributed by atoms with van der Waals surface area (Å²) in [6, 6.07) is 5.68. The molecule has 3 aromatic carbocycles. The summed E-state index contributed by atoms with van der Waals surface area (Å²) in [6.07, 6.45) is -2.39. The van der Waals surface area contributed by atoms with Crippen molar-refractivity contribution in [1.82, 2.24) is 14.7 Å². The summed E-state index contributed by atoms with van der Waals surface area (Å²) >= 11 is 0. The summed E-state index contributed by atoms with van der Waals surface area (Å²) in [5.74, 6) is -9.66. The second-order valence-electron chi connectivity index (χ2n) is 20.8. The summed E-state index contributed by atoms with van der Waals surface area (Å²) in [7, 11) is 0. The number of carbonyl (C=O) groups is 9. The number of hydrogen-bond donors (Lipinski definition) is 15. The van der Waals surface area contributed by atoms with E-state index in [1.54, 1.807) is 18.2 Å². The van der Waals surface area contributed by atoms with Crippen LogP contribution in [0.2, 0.25) is 19.0 Å². The number of aliphatic carboxylic acids is 3. The van der Waals surface area contributed by atoms with Gasteiger partial charge in [0.25, 0.3) is 0 Å². The molecule has 9 rings (SSSR count). The number of benzene rings is 3. The van der Waals surface area contributed by atoms with Crippen LogP contribution in [-0.2, 0) is 48.0 Å². The molecule has 0 aromatic heterocycles. The van der Waals surface area contributed by atoms with Gasteiger partial charge in [0.15, 0.2) is 0 Å². The predicted molar refractivity (Wildman–Crippen MR) is 282 cm³/mol. The van der Waals surface area contributed by atoms with Crippen LogP contribution >= 0.6 is 0 Å². The van der Waals surface area contributed by atoms with E-state index in [1.165, 1.54) is 32.9 Å². The van der Waals surface area contributed by atoms with E-state index in [1.807, 2.05) is 0 Å². The monoisotopic (exact) mass is 1250 g/mol. The van der Waals surface area contributed by atoms with Crippen LogP contribution in [0.15, 0.2) is 36.4 Å². The van der Waals surface area contributed by atoms with Crippen molar-refractivity contribution in [3.8, 4) is 34.5 Å². The number of aromatic carboxylic acids is 3. The Kier molecular flexibility index (Phi) is 25.8. The van der Waals surface area contributed by atoms with E-state index in [4.69, 9.17) is 60.7 Å². The number of likely N-dealkylation sites (tertiary alicyclic amines) is 3. The number of fused-ring (bicyclic) bond motifs is 3. The molecule has 3 fully saturated rings. The first kappa shape index (κ1) is 74.0. The molecule has 6 heterocycles.